The molecule has 4 atom stereocenters. The summed E-state index contributed by atoms with van der Waals surface area (Å²) in [5.41, 5.74) is 14.8. The van der Waals surface area contributed by atoms with Crippen LogP contribution in [0.3, 0.4) is 0 Å². The highest BCUT2D eigenvalue weighted by Crippen LogP contribution is 2.32. The molecule has 7 aromatic rings. The highest BCUT2D eigenvalue weighted by Gasteiger charge is 2.25. The number of benzene rings is 3. The fourth-order valence-electron chi connectivity index (χ4n) is 8.21. The first-order chi connectivity index (χ1) is 30.4. The molecule has 14 heteroatoms. The van der Waals surface area contributed by atoms with Crippen molar-refractivity contribution >= 4 is 67.2 Å². The van der Waals surface area contributed by atoms with Gasteiger partial charge in [-0.15, -0.1) is 21.8 Å². The van der Waals surface area contributed by atoms with Gasteiger partial charge in [0.1, 0.15) is 12.2 Å². The number of hydrogen-bond donors (Lipinski definition) is 6. The summed E-state index contributed by atoms with van der Waals surface area (Å²) < 4.78 is 5.39. The minimum atomic E-state index is -0.641. The van der Waals surface area contributed by atoms with Crippen molar-refractivity contribution < 1.29 is 9.53 Å². The van der Waals surface area contributed by atoms with Crippen LogP contribution in [0.25, 0.3) is 44.3 Å². The Morgan fingerprint density at radius 1 is 0.719 bits per heavy atom. The van der Waals surface area contributed by atoms with Gasteiger partial charge in [-0.05, 0) is 94.0 Å². The van der Waals surface area contributed by atoms with Gasteiger partial charge in [-0.1, -0.05) is 93.8 Å². The minimum absolute atomic E-state index is 0. The highest BCUT2D eigenvalue weighted by molar-refractivity contribution is 14.1. The number of para-hydroxylation sites is 2. The van der Waals surface area contributed by atoms with E-state index in [0.717, 1.165) is 101 Å². The number of carbonyl (C=O) groups is 1. The smallest absolute Gasteiger partial charge is 0.407 e. The molecule has 1 amide bonds. The Balaban J connectivity index is 0.000000198. The van der Waals surface area contributed by atoms with E-state index in [1.54, 1.807) is 0 Å². The second-order valence-corrected chi connectivity index (χ2v) is 31.5. The van der Waals surface area contributed by atoms with Gasteiger partial charge in [0.25, 0.3) is 0 Å². The number of hydrogen-bond acceptors (Lipinski definition) is 9. The highest BCUT2D eigenvalue weighted by atomic mass is 127. The normalized spacial score (nSPS) is 18.4. The van der Waals surface area contributed by atoms with E-state index < -0.39 is 5.57 Å². The summed E-state index contributed by atoms with van der Waals surface area (Å²) in [5, 5.41) is 12.3. The van der Waals surface area contributed by atoms with Crippen LogP contribution in [-0.2, 0) is 11.3 Å². The van der Waals surface area contributed by atoms with Crippen molar-refractivity contribution in [2.45, 2.75) is 123 Å². The van der Waals surface area contributed by atoms with Gasteiger partial charge in [-0.25, -0.2) is 24.7 Å². The Kier molecular flexibility index (Phi) is 16.9. The lowest BCUT2D eigenvalue weighted by Gasteiger charge is -2.30. The second kappa shape index (κ2) is 22.5. The van der Waals surface area contributed by atoms with E-state index in [2.05, 4.69) is 115 Å². The number of alkyl carbamates (subject to hydrolysis) is 1. The molecule has 2 aliphatic carbocycles. The first-order valence-electron chi connectivity index (χ1n) is 22.1. The van der Waals surface area contributed by atoms with Crippen LogP contribution in [0.15, 0.2) is 104 Å². The standard InChI is InChI=1S/C27H29N5O2.C19H23N5.C3H9ISi.CH4/c1-18-15-29-26(32-25(18)23-16-28-24-13-6-5-12-22(23)24)30-20-10-7-11-21(14-20)31-27(33)34-17-19-8-3-2-4-9-19;1-12-10-22-19(23-14-6-4-5-13(20)9-14)24-18(12)16-11-21-17-8-3-2-7-15(16)17;1-5(2,3)4;/h2-6,8-9,12-13,15-16,20-21,28H,7,10-11,14,17H2,1H3,(H,31,33)(H,29,30,32);2-3,7-8,10-11,13-14,21H,4-6,9,20H2,1H3,(H,22,23,24);1-3H3;1H4/t20-,21+;13-,14+;;/m10../s1. The average Bonchev–Trinajstić information content (AvgIpc) is 3.90. The Hall–Kier alpha value is -5.32. The molecule has 64 heavy (non-hydrogen) atoms. The molecule has 9 rings (SSSR count). The Bertz CT molecular complexity index is 2570. The van der Waals surface area contributed by atoms with E-state index in [9.17, 15) is 4.79 Å². The topological polar surface area (TPSA) is 172 Å². The zero-order valence-electron chi connectivity index (χ0n) is 37.0. The molecule has 2 aliphatic rings. The van der Waals surface area contributed by atoms with Gasteiger partial charge in [0, 0.05) is 81.9 Å². The van der Waals surface area contributed by atoms with Gasteiger partial charge >= 0.3 is 6.09 Å². The molecule has 0 bridgehead atoms. The van der Waals surface area contributed by atoms with Gasteiger partial charge < -0.3 is 36.4 Å². The average molecular weight is 993 g/mol. The van der Waals surface area contributed by atoms with Crippen LogP contribution < -0.4 is 21.7 Å². The number of nitrogens with two attached hydrogens (primary N) is 1. The van der Waals surface area contributed by atoms with Crippen molar-refractivity contribution in [1.82, 2.24) is 35.2 Å². The number of nitrogens with zero attached hydrogens (tertiary/aromatic N) is 4. The third-order valence-corrected chi connectivity index (χ3v) is 11.2. The molecule has 3 aromatic carbocycles. The van der Waals surface area contributed by atoms with E-state index in [0.29, 0.717) is 17.9 Å². The summed E-state index contributed by atoms with van der Waals surface area (Å²) in [5.74, 6) is 1.31. The SMILES string of the molecule is C.C[Si](C)(C)I.Cc1cnc(N[C@@H]2CCC[C@H](N)C2)nc1-c1c[nH]c2ccccc12.Cc1cnc(N[C@@H]2CCC[C@H](NC(=O)OCc3ccccc3)C2)nc1-c1c[nH]c2ccccc12. The van der Waals surface area contributed by atoms with Crippen LogP contribution in [0.5, 0.6) is 0 Å². The summed E-state index contributed by atoms with van der Waals surface area (Å²) in [7, 11) is 0. The molecule has 0 radical (unpaired) electrons. The van der Waals surface area contributed by atoms with Gasteiger partial charge in [0.15, 0.2) is 0 Å². The van der Waals surface area contributed by atoms with Crippen molar-refractivity contribution in [3.05, 3.63) is 120 Å². The van der Waals surface area contributed by atoms with Crippen LogP contribution in [0.1, 0.15) is 75.5 Å². The Labute approximate surface area is 392 Å². The summed E-state index contributed by atoms with van der Waals surface area (Å²) in [6.07, 6.45) is 15.6. The molecule has 7 N–H and O–H groups in total. The van der Waals surface area contributed by atoms with Crippen LogP contribution >= 0.6 is 21.8 Å². The lowest BCUT2D eigenvalue weighted by atomic mass is 9.91. The minimum Gasteiger partial charge on any atom is -0.445 e. The maximum Gasteiger partial charge on any atom is 0.407 e. The molecule has 4 heterocycles. The third kappa shape index (κ3) is 13.6. The number of nitrogens with one attached hydrogen (secondary N) is 5. The number of fused-ring (bicyclic) bond motifs is 2. The molecule has 2 saturated carbocycles. The first kappa shape index (κ1) is 48.1. The van der Waals surface area contributed by atoms with Crippen LogP contribution in [0, 0.1) is 13.8 Å². The second-order valence-electron chi connectivity index (χ2n) is 17.7. The lowest BCUT2D eigenvalue weighted by Crippen LogP contribution is -2.42. The predicted molar refractivity (Wildman–Crippen MR) is 276 cm³/mol. The zero-order valence-corrected chi connectivity index (χ0v) is 40.2. The fraction of sp³-hybridized carbons (Fsp3) is 0.380. The number of amides is 1. The number of ether oxygens (including phenoxy) is 1. The van der Waals surface area contributed by atoms with Crippen LogP contribution in [-0.4, -0.2) is 65.7 Å². The number of halogens is 1. The van der Waals surface area contributed by atoms with Crippen molar-refractivity contribution in [2.75, 3.05) is 10.6 Å². The summed E-state index contributed by atoms with van der Waals surface area (Å²) in [6.45, 7) is 11.3. The van der Waals surface area contributed by atoms with Gasteiger partial charge in [-0.2, -0.15) is 0 Å². The molecular weight excluding hydrogens is 928 g/mol. The number of anilines is 2. The van der Waals surface area contributed by atoms with E-state index in [-0.39, 0.29) is 38.3 Å². The molecule has 0 saturated heterocycles. The molecule has 338 valence electrons. The maximum absolute atomic E-state index is 12.3. The molecule has 0 spiro atoms. The number of carbonyl (C=O) groups excluding carboxylic acids is 1. The molecule has 12 nitrogen and oxygen atoms in total. The monoisotopic (exact) mass is 992 g/mol. The van der Waals surface area contributed by atoms with Crippen molar-refractivity contribution in [3.8, 4) is 22.5 Å². The quantitative estimate of drug-likeness (QED) is 0.0468. The number of aromatic amines is 2. The predicted octanol–water partition coefficient (Wildman–Crippen LogP) is 12.1. The van der Waals surface area contributed by atoms with E-state index >= 15 is 0 Å². The van der Waals surface area contributed by atoms with Gasteiger partial charge in [0.05, 0.1) is 11.4 Å². The summed E-state index contributed by atoms with van der Waals surface area (Å²) >= 11 is 2.52. The molecule has 2 fully saturated rings. The van der Waals surface area contributed by atoms with Gasteiger partial charge in [-0.3, -0.25) is 0 Å². The van der Waals surface area contributed by atoms with Crippen LogP contribution in [0.4, 0.5) is 16.7 Å². The number of aryl methyl sites for hydroxylation is 2. The van der Waals surface area contributed by atoms with Crippen LogP contribution in [0.2, 0.25) is 19.6 Å². The van der Waals surface area contributed by atoms with Crippen molar-refractivity contribution in [1.29, 1.82) is 0 Å². The lowest BCUT2D eigenvalue weighted by molar-refractivity contribution is 0.132. The first-order valence-corrected chi connectivity index (χ1v) is 28.7. The van der Waals surface area contributed by atoms with Gasteiger partial charge in [0.2, 0.25) is 11.9 Å². The number of rotatable bonds is 9. The van der Waals surface area contributed by atoms with Crippen molar-refractivity contribution in [3.63, 3.8) is 0 Å². The Morgan fingerprint density at radius 3 is 1.72 bits per heavy atom. The molecule has 0 aliphatic heterocycles. The summed E-state index contributed by atoms with van der Waals surface area (Å²) in [4.78, 5) is 37.6. The fourth-order valence-corrected chi connectivity index (χ4v) is 8.21. The summed E-state index contributed by atoms with van der Waals surface area (Å²) in [6, 6.07) is 27.1. The van der Waals surface area contributed by atoms with E-state index in [1.807, 2.05) is 80.2 Å². The molecule has 4 aromatic heterocycles. The number of H-pyrrole nitrogens is 2. The van der Waals surface area contributed by atoms with E-state index in [1.165, 1.54) is 11.8 Å². The number of aromatic nitrogens is 6. The largest absolute Gasteiger partial charge is 0.445 e. The van der Waals surface area contributed by atoms with E-state index in [4.69, 9.17) is 20.4 Å². The van der Waals surface area contributed by atoms with Crippen molar-refractivity contribution in [2.24, 2.45) is 5.73 Å². The molecular formula is C50H65IN10O2Si. The maximum atomic E-state index is 12.3. The third-order valence-electron chi connectivity index (χ3n) is 11.2. The Morgan fingerprint density at radius 2 is 1.19 bits per heavy atom. The zero-order chi connectivity index (χ0) is 44.3. The molecule has 0 unspecified atom stereocenters.